The van der Waals surface area contributed by atoms with Crippen LogP contribution in [0.15, 0.2) is 54.9 Å². The zero-order valence-corrected chi connectivity index (χ0v) is 18.6. The number of benzene rings is 2. The van der Waals surface area contributed by atoms with Crippen LogP contribution in [0.2, 0.25) is 0 Å². The van der Waals surface area contributed by atoms with Crippen LogP contribution in [0.1, 0.15) is 12.8 Å². The highest BCUT2D eigenvalue weighted by Gasteiger charge is 2.18. The molecule has 0 aliphatic carbocycles. The quantitative estimate of drug-likeness (QED) is 0.449. The third-order valence-corrected chi connectivity index (χ3v) is 6.25. The fraction of sp³-hybridized carbons (Fsp3) is 0.360. The Morgan fingerprint density at radius 2 is 1.88 bits per heavy atom. The van der Waals surface area contributed by atoms with E-state index in [4.69, 9.17) is 14.5 Å². The van der Waals surface area contributed by atoms with Crippen molar-refractivity contribution in [2.45, 2.75) is 18.9 Å². The summed E-state index contributed by atoms with van der Waals surface area (Å²) in [6.07, 6.45) is 4.18. The molecule has 0 atom stereocenters. The van der Waals surface area contributed by atoms with Gasteiger partial charge in [0.05, 0.1) is 23.2 Å². The zero-order valence-electron chi connectivity index (χ0n) is 18.6. The number of aromatic nitrogens is 3. The molecule has 2 aromatic carbocycles. The molecule has 32 heavy (non-hydrogen) atoms. The van der Waals surface area contributed by atoms with E-state index < -0.39 is 0 Å². The van der Waals surface area contributed by atoms with Gasteiger partial charge in [0, 0.05) is 43.4 Å². The molecule has 1 saturated heterocycles. The minimum atomic E-state index is 0.518. The fourth-order valence-electron chi connectivity index (χ4n) is 4.37. The summed E-state index contributed by atoms with van der Waals surface area (Å²) in [6.45, 7) is 3.25. The van der Waals surface area contributed by atoms with Crippen LogP contribution < -0.4 is 15.0 Å². The van der Waals surface area contributed by atoms with Crippen LogP contribution >= 0.6 is 0 Å². The molecule has 0 spiro atoms. The summed E-state index contributed by atoms with van der Waals surface area (Å²) in [4.78, 5) is 11.9. The standard InChI is InChI=1S/C25H29N5O2/c1-26-19-9-11-29(12-10-19)20-4-6-22-18(15-20)3-8-25(28-22)30-17-27-23-16-21(5-7-24(23)30)32-14-13-31-2/h3-8,15-17,19,26H,9-14H2,1-2H3. The van der Waals surface area contributed by atoms with Crippen molar-refractivity contribution in [3.8, 4) is 11.6 Å². The molecule has 1 fully saturated rings. The Labute approximate surface area is 188 Å². The van der Waals surface area contributed by atoms with Gasteiger partial charge in [-0.3, -0.25) is 4.57 Å². The summed E-state index contributed by atoms with van der Waals surface area (Å²) in [5.74, 6) is 1.65. The number of nitrogens with one attached hydrogen (secondary N) is 1. The number of anilines is 1. The van der Waals surface area contributed by atoms with Gasteiger partial charge in [-0.05, 0) is 62.4 Å². The third-order valence-electron chi connectivity index (χ3n) is 6.25. The number of methoxy groups -OCH3 is 1. The first-order valence-corrected chi connectivity index (χ1v) is 11.2. The van der Waals surface area contributed by atoms with Crippen LogP contribution in [0.25, 0.3) is 27.8 Å². The van der Waals surface area contributed by atoms with Crippen LogP contribution in [-0.4, -0.2) is 61.0 Å². The van der Waals surface area contributed by atoms with Crippen molar-refractivity contribution in [3.05, 3.63) is 54.9 Å². The van der Waals surface area contributed by atoms with Gasteiger partial charge in [0.2, 0.25) is 0 Å². The van der Waals surface area contributed by atoms with Crippen molar-refractivity contribution in [3.63, 3.8) is 0 Å². The van der Waals surface area contributed by atoms with Crippen molar-refractivity contribution in [2.24, 2.45) is 0 Å². The molecule has 7 nitrogen and oxygen atoms in total. The van der Waals surface area contributed by atoms with Gasteiger partial charge in [-0.2, -0.15) is 0 Å². The second-order valence-electron chi connectivity index (χ2n) is 8.20. The Morgan fingerprint density at radius 1 is 1.00 bits per heavy atom. The van der Waals surface area contributed by atoms with Gasteiger partial charge in [-0.25, -0.2) is 9.97 Å². The highest BCUT2D eigenvalue weighted by molar-refractivity contribution is 5.84. The number of ether oxygens (including phenoxy) is 2. The molecular formula is C25H29N5O2. The van der Waals surface area contributed by atoms with Crippen molar-refractivity contribution < 1.29 is 9.47 Å². The minimum Gasteiger partial charge on any atom is -0.491 e. The maximum atomic E-state index is 5.70. The van der Waals surface area contributed by atoms with Crippen LogP contribution in [0, 0.1) is 0 Å². The van der Waals surface area contributed by atoms with E-state index in [-0.39, 0.29) is 0 Å². The molecule has 2 aromatic heterocycles. The van der Waals surface area contributed by atoms with E-state index in [2.05, 4.69) is 52.6 Å². The van der Waals surface area contributed by atoms with E-state index in [1.165, 1.54) is 18.5 Å². The fourth-order valence-corrected chi connectivity index (χ4v) is 4.37. The van der Waals surface area contributed by atoms with Crippen molar-refractivity contribution in [1.82, 2.24) is 19.9 Å². The second kappa shape index (κ2) is 9.14. The number of nitrogens with zero attached hydrogens (tertiary/aromatic N) is 4. The number of hydrogen-bond donors (Lipinski definition) is 1. The largest absolute Gasteiger partial charge is 0.491 e. The maximum Gasteiger partial charge on any atom is 0.139 e. The van der Waals surface area contributed by atoms with E-state index in [0.717, 1.165) is 46.6 Å². The number of fused-ring (bicyclic) bond motifs is 2. The number of pyridine rings is 1. The molecule has 0 unspecified atom stereocenters. The monoisotopic (exact) mass is 431 g/mol. The van der Waals surface area contributed by atoms with Crippen LogP contribution in [-0.2, 0) is 4.74 Å². The first-order chi connectivity index (χ1) is 15.7. The molecule has 5 rings (SSSR count). The van der Waals surface area contributed by atoms with Crippen LogP contribution in [0.4, 0.5) is 5.69 Å². The first kappa shape index (κ1) is 20.7. The number of rotatable bonds is 7. The van der Waals surface area contributed by atoms with Crippen molar-refractivity contribution in [2.75, 3.05) is 45.4 Å². The molecular weight excluding hydrogens is 402 g/mol. The average molecular weight is 432 g/mol. The normalized spacial score (nSPS) is 15.0. The summed E-state index contributed by atoms with van der Waals surface area (Å²) in [6, 6.07) is 17.3. The molecule has 1 aliphatic rings. The first-order valence-electron chi connectivity index (χ1n) is 11.2. The Kier molecular flexibility index (Phi) is 5.92. The molecule has 0 amide bonds. The summed E-state index contributed by atoms with van der Waals surface area (Å²) in [5, 5.41) is 4.55. The summed E-state index contributed by atoms with van der Waals surface area (Å²) < 4.78 is 12.8. The summed E-state index contributed by atoms with van der Waals surface area (Å²) >= 11 is 0. The highest BCUT2D eigenvalue weighted by atomic mass is 16.5. The predicted molar refractivity (Wildman–Crippen MR) is 128 cm³/mol. The van der Waals surface area contributed by atoms with Crippen LogP contribution in [0.5, 0.6) is 5.75 Å². The number of piperidine rings is 1. The van der Waals surface area contributed by atoms with Gasteiger partial charge >= 0.3 is 0 Å². The maximum absolute atomic E-state index is 5.70. The topological polar surface area (TPSA) is 64.4 Å². The molecule has 0 radical (unpaired) electrons. The third kappa shape index (κ3) is 4.13. The molecule has 1 N–H and O–H groups in total. The van der Waals surface area contributed by atoms with Crippen molar-refractivity contribution >= 4 is 27.6 Å². The number of hydrogen-bond acceptors (Lipinski definition) is 6. The minimum absolute atomic E-state index is 0.518. The van der Waals surface area contributed by atoms with E-state index in [0.29, 0.717) is 19.3 Å². The Morgan fingerprint density at radius 3 is 2.69 bits per heavy atom. The lowest BCUT2D eigenvalue weighted by Crippen LogP contribution is -2.41. The van der Waals surface area contributed by atoms with Crippen LogP contribution in [0.3, 0.4) is 0 Å². The Hall–Kier alpha value is -3.16. The van der Waals surface area contributed by atoms with E-state index in [1.807, 2.05) is 29.1 Å². The van der Waals surface area contributed by atoms with Crippen molar-refractivity contribution in [1.29, 1.82) is 0 Å². The average Bonchev–Trinajstić information content (AvgIpc) is 3.27. The SMILES string of the molecule is CNC1CCN(c2ccc3nc(-n4cnc5cc(OCCOC)ccc54)ccc3c2)CC1. The predicted octanol–water partition coefficient (Wildman–Crippen LogP) is 3.79. The van der Waals surface area contributed by atoms with Gasteiger partial charge in [0.15, 0.2) is 0 Å². The Balaban J connectivity index is 1.38. The van der Waals surface area contributed by atoms with Gasteiger partial charge in [-0.15, -0.1) is 0 Å². The molecule has 4 aromatic rings. The lowest BCUT2D eigenvalue weighted by atomic mass is 10.0. The molecule has 7 heteroatoms. The van der Waals surface area contributed by atoms with E-state index in [9.17, 15) is 0 Å². The molecule has 0 saturated carbocycles. The highest BCUT2D eigenvalue weighted by Crippen LogP contribution is 2.27. The molecule has 3 heterocycles. The second-order valence-corrected chi connectivity index (χ2v) is 8.20. The van der Waals surface area contributed by atoms with Gasteiger partial charge < -0.3 is 19.7 Å². The molecule has 166 valence electrons. The lowest BCUT2D eigenvalue weighted by molar-refractivity contribution is 0.146. The van der Waals surface area contributed by atoms with E-state index >= 15 is 0 Å². The lowest BCUT2D eigenvalue weighted by Gasteiger charge is -2.33. The number of imidazole rings is 1. The smallest absolute Gasteiger partial charge is 0.139 e. The van der Waals surface area contributed by atoms with E-state index in [1.54, 1.807) is 7.11 Å². The van der Waals surface area contributed by atoms with Gasteiger partial charge in [0.1, 0.15) is 24.5 Å². The molecule has 1 aliphatic heterocycles. The Bertz CT molecular complexity index is 1210. The van der Waals surface area contributed by atoms with Gasteiger partial charge in [0.25, 0.3) is 0 Å². The molecule has 0 bridgehead atoms. The van der Waals surface area contributed by atoms with Gasteiger partial charge in [-0.1, -0.05) is 0 Å². The zero-order chi connectivity index (χ0) is 21.9. The summed E-state index contributed by atoms with van der Waals surface area (Å²) in [7, 11) is 3.72. The summed E-state index contributed by atoms with van der Waals surface area (Å²) in [5.41, 5.74) is 4.13.